The molecule has 0 aromatic carbocycles. The second-order valence-electron chi connectivity index (χ2n) is 3.49. The third-order valence-corrected chi connectivity index (χ3v) is 3.04. The van der Waals surface area contributed by atoms with Gasteiger partial charge in [-0.05, 0) is 12.1 Å². The number of hydrogen-bond donors (Lipinski definition) is 1. The first kappa shape index (κ1) is 8.38. The van der Waals surface area contributed by atoms with Crippen LogP contribution in [0, 0.1) is 0 Å². The Morgan fingerprint density at radius 2 is 2.29 bits per heavy atom. The summed E-state index contributed by atoms with van der Waals surface area (Å²) in [4.78, 5) is 0. The highest BCUT2D eigenvalue weighted by molar-refractivity contribution is 9.10. The van der Waals surface area contributed by atoms with Crippen LogP contribution >= 0.6 is 15.9 Å². The molecule has 0 aliphatic carbocycles. The minimum atomic E-state index is 0.520. The summed E-state index contributed by atoms with van der Waals surface area (Å²) in [6.45, 7) is 2.02. The van der Waals surface area contributed by atoms with Crippen LogP contribution in [0.1, 0.15) is 11.7 Å². The maximum Gasteiger partial charge on any atom is 0.161 e. The molecule has 0 radical (unpaired) electrons. The number of nitrogens with one attached hydrogen (secondary N) is 1. The summed E-state index contributed by atoms with van der Waals surface area (Å²) in [5, 5.41) is 11.6. The normalized spacial score (nSPS) is 17.2. The zero-order valence-corrected chi connectivity index (χ0v) is 9.03. The Hall–Kier alpha value is -0.940. The average Bonchev–Trinajstić information content (AvgIpc) is 2.45. The molecule has 1 aliphatic heterocycles. The van der Waals surface area contributed by atoms with Crippen LogP contribution in [0.4, 0.5) is 0 Å². The Kier molecular flexibility index (Phi) is 1.81. The highest BCUT2D eigenvalue weighted by Crippen LogP contribution is 2.20. The van der Waals surface area contributed by atoms with Crippen LogP contribution in [0.5, 0.6) is 0 Å². The van der Waals surface area contributed by atoms with E-state index < -0.39 is 0 Å². The smallest absolute Gasteiger partial charge is 0.161 e. The van der Waals surface area contributed by atoms with Gasteiger partial charge >= 0.3 is 0 Å². The number of nitrogens with zero attached hydrogens (tertiary/aromatic N) is 3. The minimum Gasteiger partial charge on any atom is -0.315 e. The van der Waals surface area contributed by atoms with Gasteiger partial charge in [0.1, 0.15) is 5.82 Å². The number of pyridine rings is 1. The minimum absolute atomic E-state index is 0.520. The molecule has 0 amide bonds. The van der Waals surface area contributed by atoms with E-state index in [2.05, 4.69) is 35.8 Å². The van der Waals surface area contributed by atoms with E-state index in [9.17, 15) is 0 Å². The lowest BCUT2D eigenvalue weighted by molar-refractivity contribution is 0.427. The van der Waals surface area contributed by atoms with Gasteiger partial charge in [0.15, 0.2) is 5.65 Å². The Balaban J connectivity index is 2.16. The quantitative estimate of drug-likeness (QED) is 0.829. The molecule has 4 nitrogen and oxygen atoms in total. The molecule has 14 heavy (non-hydrogen) atoms. The topological polar surface area (TPSA) is 42.2 Å². The SMILES string of the molecule is Brc1ccn2c(C3CNC3)nnc2c1. The van der Waals surface area contributed by atoms with Crippen molar-refractivity contribution in [3.63, 3.8) is 0 Å². The lowest BCUT2D eigenvalue weighted by Gasteiger charge is -2.25. The molecule has 0 unspecified atom stereocenters. The summed E-state index contributed by atoms with van der Waals surface area (Å²) in [5.41, 5.74) is 0.904. The fourth-order valence-corrected chi connectivity index (χ4v) is 1.96. The standard InChI is InChI=1S/C9H9BrN4/c10-7-1-2-14-8(3-7)12-13-9(14)6-4-11-5-6/h1-3,6,11H,4-5H2. The highest BCUT2D eigenvalue weighted by Gasteiger charge is 2.23. The molecule has 3 heterocycles. The van der Waals surface area contributed by atoms with Crippen molar-refractivity contribution < 1.29 is 0 Å². The van der Waals surface area contributed by atoms with Gasteiger partial charge in [0, 0.05) is 29.7 Å². The van der Waals surface area contributed by atoms with Gasteiger partial charge in [0.25, 0.3) is 0 Å². The second-order valence-corrected chi connectivity index (χ2v) is 4.40. The van der Waals surface area contributed by atoms with Gasteiger partial charge in [-0.1, -0.05) is 15.9 Å². The van der Waals surface area contributed by atoms with Crippen molar-refractivity contribution in [1.82, 2.24) is 19.9 Å². The molecule has 1 saturated heterocycles. The fourth-order valence-electron chi connectivity index (χ4n) is 1.63. The van der Waals surface area contributed by atoms with Gasteiger partial charge in [0.2, 0.25) is 0 Å². The Labute approximate surface area is 89.5 Å². The summed E-state index contributed by atoms with van der Waals surface area (Å²) >= 11 is 3.42. The van der Waals surface area contributed by atoms with Crippen molar-refractivity contribution in [2.75, 3.05) is 13.1 Å². The third kappa shape index (κ3) is 1.16. The molecule has 0 bridgehead atoms. The molecule has 1 fully saturated rings. The molecule has 0 spiro atoms. The van der Waals surface area contributed by atoms with E-state index in [0.717, 1.165) is 29.0 Å². The average molecular weight is 253 g/mol. The molecule has 1 N–H and O–H groups in total. The van der Waals surface area contributed by atoms with E-state index in [4.69, 9.17) is 0 Å². The first-order valence-corrected chi connectivity index (χ1v) is 5.35. The van der Waals surface area contributed by atoms with E-state index in [1.54, 1.807) is 0 Å². The van der Waals surface area contributed by atoms with Gasteiger partial charge in [-0.2, -0.15) is 0 Å². The molecule has 0 atom stereocenters. The van der Waals surface area contributed by atoms with Gasteiger partial charge in [-0.25, -0.2) is 0 Å². The molecule has 72 valence electrons. The molecular weight excluding hydrogens is 244 g/mol. The van der Waals surface area contributed by atoms with Gasteiger partial charge in [-0.3, -0.25) is 4.40 Å². The number of fused-ring (bicyclic) bond motifs is 1. The number of hydrogen-bond acceptors (Lipinski definition) is 3. The molecule has 2 aromatic heterocycles. The van der Waals surface area contributed by atoms with E-state index in [-0.39, 0.29) is 0 Å². The molecular formula is C9H9BrN4. The van der Waals surface area contributed by atoms with Crippen LogP contribution in [0.15, 0.2) is 22.8 Å². The summed E-state index contributed by atoms with van der Waals surface area (Å²) in [6.07, 6.45) is 2.01. The number of halogens is 1. The van der Waals surface area contributed by atoms with Crippen molar-refractivity contribution in [2.45, 2.75) is 5.92 Å². The maximum absolute atomic E-state index is 4.21. The van der Waals surface area contributed by atoms with Crippen LogP contribution in [0.25, 0.3) is 5.65 Å². The second kappa shape index (κ2) is 3.03. The van der Waals surface area contributed by atoms with Crippen molar-refractivity contribution in [3.05, 3.63) is 28.6 Å². The molecule has 0 saturated carbocycles. The summed E-state index contributed by atoms with van der Waals surface area (Å²) in [7, 11) is 0. The van der Waals surface area contributed by atoms with Crippen LogP contribution in [0.2, 0.25) is 0 Å². The van der Waals surface area contributed by atoms with E-state index in [1.165, 1.54) is 0 Å². The Bertz CT molecular complexity index is 475. The van der Waals surface area contributed by atoms with E-state index in [0.29, 0.717) is 5.92 Å². The van der Waals surface area contributed by atoms with Crippen LogP contribution in [-0.2, 0) is 0 Å². The molecule has 3 rings (SSSR count). The van der Waals surface area contributed by atoms with Crippen LogP contribution in [0.3, 0.4) is 0 Å². The van der Waals surface area contributed by atoms with E-state index in [1.807, 2.05) is 18.3 Å². The lowest BCUT2D eigenvalue weighted by Crippen LogP contribution is -2.40. The predicted octanol–water partition coefficient (Wildman–Crippen LogP) is 1.18. The molecule has 5 heteroatoms. The van der Waals surface area contributed by atoms with Crippen LogP contribution < -0.4 is 5.32 Å². The number of rotatable bonds is 1. The van der Waals surface area contributed by atoms with Gasteiger partial charge < -0.3 is 5.32 Å². The van der Waals surface area contributed by atoms with Crippen molar-refractivity contribution >= 4 is 21.6 Å². The van der Waals surface area contributed by atoms with Crippen LogP contribution in [-0.4, -0.2) is 27.7 Å². The van der Waals surface area contributed by atoms with Crippen molar-refractivity contribution in [2.24, 2.45) is 0 Å². The molecule has 1 aliphatic rings. The summed E-state index contributed by atoms with van der Waals surface area (Å²) in [5.74, 6) is 1.58. The van der Waals surface area contributed by atoms with Gasteiger partial charge in [0.05, 0.1) is 0 Å². The monoisotopic (exact) mass is 252 g/mol. The largest absolute Gasteiger partial charge is 0.315 e. The third-order valence-electron chi connectivity index (χ3n) is 2.54. The predicted molar refractivity (Wildman–Crippen MR) is 56.3 cm³/mol. The summed E-state index contributed by atoms with van der Waals surface area (Å²) < 4.78 is 3.09. The van der Waals surface area contributed by atoms with Crippen molar-refractivity contribution in [1.29, 1.82) is 0 Å². The number of aromatic nitrogens is 3. The Morgan fingerprint density at radius 1 is 1.43 bits per heavy atom. The molecule has 2 aromatic rings. The van der Waals surface area contributed by atoms with Gasteiger partial charge in [-0.15, -0.1) is 10.2 Å². The fraction of sp³-hybridized carbons (Fsp3) is 0.333. The zero-order valence-electron chi connectivity index (χ0n) is 7.44. The first-order valence-electron chi connectivity index (χ1n) is 4.55. The highest BCUT2D eigenvalue weighted by atomic mass is 79.9. The summed E-state index contributed by atoms with van der Waals surface area (Å²) in [6, 6.07) is 3.98. The van der Waals surface area contributed by atoms with Crippen molar-refractivity contribution in [3.8, 4) is 0 Å². The zero-order chi connectivity index (χ0) is 9.54. The maximum atomic E-state index is 4.21. The lowest BCUT2D eigenvalue weighted by atomic mass is 10.0. The van der Waals surface area contributed by atoms with E-state index >= 15 is 0 Å². The Morgan fingerprint density at radius 3 is 3.00 bits per heavy atom. The first-order chi connectivity index (χ1) is 6.84.